The molecule has 3 amide bonds. The van der Waals surface area contributed by atoms with Gasteiger partial charge >= 0.3 is 0 Å². The summed E-state index contributed by atoms with van der Waals surface area (Å²) >= 11 is 6.22. The lowest BCUT2D eigenvalue weighted by molar-refractivity contribution is -0.164. The van der Waals surface area contributed by atoms with Crippen LogP contribution >= 0.6 is 11.6 Å². The number of hydrogen-bond acceptors (Lipinski definition) is 8. The standard InChI is InChI=1S/C37H41ClN6O4/c1-36(2)34(37(3,4)35(36)48-27-10-8-25(20-39)29(38)19-27)42-32(46)26-9-12-30(40-21-26)44-16-14-43(15-17-44)22-23-6-5-7-24(18-23)28-11-13-31(45)41-33(28)47/h5-10,12,18-19,21,28,34-35H,11,13-17,22H2,1-4H3,(H,42,46)(H,41,45,47). The van der Waals surface area contributed by atoms with E-state index in [2.05, 4.69) is 71.3 Å². The number of halogens is 1. The predicted octanol–water partition coefficient (Wildman–Crippen LogP) is 5.06. The van der Waals surface area contributed by atoms with Gasteiger partial charge < -0.3 is 15.0 Å². The van der Waals surface area contributed by atoms with E-state index >= 15 is 0 Å². The van der Waals surface area contributed by atoms with Gasteiger partial charge in [0.25, 0.3) is 5.91 Å². The van der Waals surface area contributed by atoms with Crippen LogP contribution in [0.4, 0.5) is 5.82 Å². The van der Waals surface area contributed by atoms with Crippen LogP contribution in [0.25, 0.3) is 0 Å². The highest BCUT2D eigenvalue weighted by atomic mass is 35.5. The van der Waals surface area contributed by atoms with E-state index in [1.165, 1.54) is 0 Å². The monoisotopic (exact) mass is 668 g/mol. The molecule has 3 aliphatic rings. The molecule has 1 unspecified atom stereocenters. The number of rotatable bonds is 8. The molecule has 1 aromatic heterocycles. The summed E-state index contributed by atoms with van der Waals surface area (Å²) in [4.78, 5) is 46.5. The number of anilines is 1. The first-order valence-corrected chi connectivity index (χ1v) is 16.8. The predicted molar refractivity (Wildman–Crippen MR) is 183 cm³/mol. The van der Waals surface area contributed by atoms with Gasteiger partial charge in [-0.2, -0.15) is 5.26 Å². The second-order valence-corrected chi connectivity index (χ2v) is 14.6. The zero-order valence-electron chi connectivity index (χ0n) is 27.8. The summed E-state index contributed by atoms with van der Waals surface area (Å²) in [6.07, 6.45) is 2.37. The maximum atomic E-state index is 13.4. The Morgan fingerprint density at radius 2 is 1.81 bits per heavy atom. The van der Waals surface area contributed by atoms with Crippen LogP contribution in [0.15, 0.2) is 60.8 Å². The number of nitrogens with zero attached hydrogens (tertiary/aromatic N) is 4. The second kappa shape index (κ2) is 13.2. The summed E-state index contributed by atoms with van der Waals surface area (Å²) in [5, 5.41) is 15.2. The number of benzene rings is 2. The minimum atomic E-state index is -0.362. The normalized spacial score (nSPS) is 23.4. The number of piperazine rings is 1. The van der Waals surface area contributed by atoms with Gasteiger partial charge in [-0.1, -0.05) is 63.6 Å². The van der Waals surface area contributed by atoms with Gasteiger partial charge in [0.1, 0.15) is 23.7 Å². The number of ether oxygens (including phenoxy) is 1. The summed E-state index contributed by atoms with van der Waals surface area (Å²) in [6, 6.07) is 18.8. The average molecular weight is 669 g/mol. The van der Waals surface area contributed by atoms with Crippen LogP contribution in [0, 0.1) is 22.2 Å². The van der Waals surface area contributed by atoms with Gasteiger partial charge in [0.15, 0.2) is 0 Å². The fourth-order valence-electron chi connectivity index (χ4n) is 7.83. The van der Waals surface area contributed by atoms with Crippen molar-refractivity contribution in [2.24, 2.45) is 10.8 Å². The number of amides is 3. The number of piperidine rings is 1. The van der Waals surface area contributed by atoms with Crippen molar-refractivity contribution in [1.29, 1.82) is 5.26 Å². The van der Waals surface area contributed by atoms with E-state index in [9.17, 15) is 19.6 Å². The van der Waals surface area contributed by atoms with E-state index in [0.717, 1.165) is 49.7 Å². The van der Waals surface area contributed by atoms with Gasteiger partial charge in [0.2, 0.25) is 11.8 Å². The molecule has 2 N–H and O–H groups in total. The summed E-state index contributed by atoms with van der Waals surface area (Å²) in [6.45, 7) is 12.4. The first-order valence-electron chi connectivity index (χ1n) is 16.4. The molecule has 0 radical (unpaired) electrons. The van der Waals surface area contributed by atoms with Crippen molar-refractivity contribution in [2.45, 2.75) is 65.1 Å². The van der Waals surface area contributed by atoms with Gasteiger partial charge in [-0.25, -0.2) is 4.98 Å². The Morgan fingerprint density at radius 3 is 2.46 bits per heavy atom. The molecule has 10 nitrogen and oxygen atoms in total. The van der Waals surface area contributed by atoms with Crippen LogP contribution < -0.4 is 20.3 Å². The fraction of sp³-hybridized carbons (Fsp3) is 0.432. The molecule has 3 fully saturated rings. The molecule has 250 valence electrons. The molecule has 2 aromatic carbocycles. The molecule has 48 heavy (non-hydrogen) atoms. The van der Waals surface area contributed by atoms with Crippen molar-refractivity contribution in [3.63, 3.8) is 0 Å². The van der Waals surface area contributed by atoms with Crippen LogP contribution in [-0.4, -0.2) is 65.9 Å². The van der Waals surface area contributed by atoms with Gasteiger partial charge in [0, 0.05) is 68.3 Å². The molecular formula is C37H41ClN6O4. The summed E-state index contributed by atoms with van der Waals surface area (Å²) in [5.74, 6) is 0.555. The molecule has 0 bridgehead atoms. The van der Waals surface area contributed by atoms with Crippen molar-refractivity contribution >= 4 is 35.1 Å². The highest BCUT2D eigenvalue weighted by Gasteiger charge is 2.64. The zero-order valence-corrected chi connectivity index (χ0v) is 28.5. The number of imide groups is 1. The van der Waals surface area contributed by atoms with Gasteiger partial charge in [-0.15, -0.1) is 0 Å². The average Bonchev–Trinajstić information content (AvgIpc) is 3.06. The quantitative estimate of drug-likeness (QED) is 0.319. The number of carbonyl (C=O) groups is 3. The van der Waals surface area contributed by atoms with Crippen LogP contribution in [0.2, 0.25) is 5.02 Å². The van der Waals surface area contributed by atoms with Crippen LogP contribution in [0.5, 0.6) is 5.75 Å². The Balaban J connectivity index is 1.01. The number of pyridine rings is 1. The lowest BCUT2D eigenvalue weighted by Gasteiger charge is -2.63. The van der Waals surface area contributed by atoms with E-state index in [0.29, 0.717) is 34.7 Å². The Labute approximate surface area is 286 Å². The van der Waals surface area contributed by atoms with E-state index in [1.54, 1.807) is 24.4 Å². The number of nitriles is 1. The van der Waals surface area contributed by atoms with E-state index in [1.807, 2.05) is 24.3 Å². The smallest absolute Gasteiger partial charge is 0.253 e. The molecule has 0 spiro atoms. The Hall–Kier alpha value is -4.46. The molecule has 2 saturated heterocycles. The molecular weight excluding hydrogens is 628 g/mol. The van der Waals surface area contributed by atoms with Gasteiger partial charge in [0.05, 0.1) is 22.1 Å². The topological polar surface area (TPSA) is 128 Å². The number of nitrogens with one attached hydrogen (secondary N) is 2. The highest BCUT2D eigenvalue weighted by Crippen LogP contribution is 2.55. The minimum absolute atomic E-state index is 0.145. The van der Waals surface area contributed by atoms with Crippen molar-refractivity contribution in [3.05, 3.63) is 88.1 Å². The highest BCUT2D eigenvalue weighted by molar-refractivity contribution is 6.31. The third-order valence-corrected chi connectivity index (χ3v) is 10.4. The van der Waals surface area contributed by atoms with Crippen LogP contribution in [-0.2, 0) is 16.1 Å². The Kier molecular flexibility index (Phi) is 9.20. The third kappa shape index (κ3) is 6.62. The van der Waals surface area contributed by atoms with Crippen LogP contribution in [0.1, 0.15) is 73.5 Å². The number of carbonyl (C=O) groups excluding carboxylic acids is 3. The largest absolute Gasteiger partial charge is 0.489 e. The SMILES string of the molecule is CC1(C)C(NC(=O)c2ccc(N3CCN(Cc4cccc(C5CCC(=O)NC5=O)c4)CC3)nc2)C(C)(C)C1Oc1ccc(C#N)c(Cl)c1. The van der Waals surface area contributed by atoms with E-state index in [-0.39, 0.29) is 46.6 Å². The maximum Gasteiger partial charge on any atom is 0.253 e. The van der Waals surface area contributed by atoms with Crippen LogP contribution in [0.3, 0.4) is 0 Å². The van der Waals surface area contributed by atoms with Crippen molar-refractivity contribution < 1.29 is 19.1 Å². The zero-order chi connectivity index (χ0) is 34.2. The fourth-order valence-corrected chi connectivity index (χ4v) is 8.04. The van der Waals surface area contributed by atoms with Gasteiger partial charge in [-0.05, 0) is 41.8 Å². The first-order chi connectivity index (χ1) is 22.9. The molecule has 1 atom stereocenters. The number of aromatic nitrogens is 1. The molecule has 3 aromatic rings. The molecule has 1 saturated carbocycles. The minimum Gasteiger partial charge on any atom is -0.489 e. The summed E-state index contributed by atoms with van der Waals surface area (Å²) in [7, 11) is 0. The van der Waals surface area contributed by atoms with E-state index < -0.39 is 0 Å². The number of hydrogen-bond donors (Lipinski definition) is 2. The van der Waals surface area contributed by atoms with Crippen molar-refractivity contribution in [3.8, 4) is 11.8 Å². The molecule has 1 aliphatic carbocycles. The van der Waals surface area contributed by atoms with Crippen molar-refractivity contribution in [1.82, 2.24) is 20.5 Å². The first kappa shape index (κ1) is 33.4. The lowest BCUT2D eigenvalue weighted by Crippen LogP contribution is -2.74. The van der Waals surface area contributed by atoms with E-state index in [4.69, 9.17) is 16.3 Å². The second-order valence-electron chi connectivity index (χ2n) is 14.2. The molecule has 11 heteroatoms. The van der Waals surface area contributed by atoms with Crippen molar-refractivity contribution in [2.75, 3.05) is 31.1 Å². The maximum absolute atomic E-state index is 13.4. The third-order valence-electron chi connectivity index (χ3n) is 10.1. The Morgan fingerprint density at radius 1 is 1.06 bits per heavy atom. The molecule has 6 rings (SSSR count). The molecule has 3 heterocycles. The summed E-state index contributed by atoms with van der Waals surface area (Å²) < 4.78 is 6.35. The lowest BCUT2D eigenvalue weighted by atomic mass is 9.49. The van der Waals surface area contributed by atoms with Gasteiger partial charge in [-0.3, -0.25) is 24.6 Å². The summed E-state index contributed by atoms with van der Waals surface area (Å²) in [5.41, 5.74) is 2.28. The Bertz CT molecular complexity index is 1740. The molecule has 2 aliphatic heterocycles.